The van der Waals surface area contributed by atoms with E-state index < -0.39 is 0 Å². The molecule has 142 valence electrons. The van der Waals surface area contributed by atoms with Crippen LogP contribution >= 0.6 is 0 Å². The summed E-state index contributed by atoms with van der Waals surface area (Å²) in [7, 11) is 1.67. The van der Waals surface area contributed by atoms with Crippen LogP contribution in [0.15, 0.2) is 54.6 Å². The van der Waals surface area contributed by atoms with E-state index in [2.05, 4.69) is 38.1 Å². The molecule has 6 heteroatoms. The normalized spacial score (nSPS) is 18.6. The largest absolute Gasteiger partial charge is 0.493 e. The van der Waals surface area contributed by atoms with Crippen molar-refractivity contribution in [3.63, 3.8) is 0 Å². The van der Waals surface area contributed by atoms with Gasteiger partial charge in [-0.2, -0.15) is 0 Å². The second-order valence-electron chi connectivity index (χ2n) is 7.15. The van der Waals surface area contributed by atoms with E-state index in [9.17, 15) is 0 Å². The lowest BCUT2D eigenvalue weighted by molar-refractivity contribution is 0.215. The Balaban J connectivity index is 1.46. The first-order valence-electron chi connectivity index (χ1n) is 9.49. The lowest BCUT2D eigenvalue weighted by atomic mass is 9.95. The van der Waals surface area contributed by atoms with E-state index in [-0.39, 0.29) is 6.04 Å². The van der Waals surface area contributed by atoms with E-state index in [0.29, 0.717) is 6.61 Å². The molecule has 0 bridgehead atoms. The van der Waals surface area contributed by atoms with Crippen LogP contribution in [0.5, 0.6) is 11.5 Å². The minimum absolute atomic E-state index is 0.0938. The number of H-pyrrole nitrogens is 1. The number of pyridine rings is 1. The Morgan fingerprint density at radius 3 is 3.11 bits per heavy atom. The van der Waals surface area contributed by atoms with Crippen molar-refractivity contribution in [3.8, 4) is 11.5 Å². The molecule has 5 rings (SSSR count). The van der Waals surface area contributed by atoms with Gasteiger partial charge in [-0.05, 0) is 29.3 Å². The molecule has 0 radical (unpaired) electrons. The summed E-state index contributed by atoms with van der Waals surface area (Å²) < 4.78 is 11.5. The maximum Gasteiger partial charge on any atom is 0.168 e. The number of para-hydroxylation sites is 1. The van der Waals surface area contributed by atoms with Crippen LogP contribution in [0.3, 0.4) is 0 Å². The molecule has 4 heterocycles. The van der Waals surface area contributed by atoms with Gasteiger partial charge in [0.2, 0.25) is 0 Å². The highest BCUT2D eigenvalue weighted by Crippen LogP contribution is 2.37. The first kappa shape index (κ1) is 17.0. The SMILES string of the molecule is COc1cccc2c1OCC(CN1CCc3[nH]cnc3[C@H]1c1cccnc1)=C2. The molecular weight excluding hydrogens is 352 g/mol. The number of aromatic nitrogens is 3. The van der Waals surface area contributed by atoms with E-state index in [4.69, 9.17) is 9.47 Å². The zero-order chi connectivity index (χ0) is 18.9. The van der Waals surface area contributed by atoms with Crippen molar-refractivity contribution in [2.75, 3.05) is 26.8 Å². The lowest BCUT2D eigenvalue weighted by Crippen LogP contribution is -2.38. The van der Waals surface area contributed by atoms with Gasteiger partial charge in [-0.15, -0.1) is 0 Å². The average Bonchev–Trinajstić information content (AvgIpc) is 3.22. The lowest BCUT2D eigenvalue weighted by Gasteiger charge is -2.36. The number of hydrogen-bond donors (Lipinski definition) is 1. The minimum Gasteiger partial charge on any atom is -0.493 e. The van der Waals surface area contributed by atoms with Crippen LogP contribution < -0.4 is 9.47 Å². The number of benzene rings is 1. The topological polar surface area (TPSA) is 63.3 Å². The first-order chi connectivity index (χ1) is 13.8. The molecule has 1 N–H and O–H groups in total. The Kier molecular flexibility index (Phi) is 4.33. The molecule has 0 fully saturated rings. The molecule has 2 aromatic heterocycles. The number of nitrogens with one attached hydrogen (secondary N) is 1. The van der Waals surface area contributed by atoms with Crippen molar-refractivity contribution in [2.45, 2.75) is 12.5 Å². The molecule has 2 aliphatic heterocycles. The van der Waals surface area contributed by atoms with E-state index >= 15 is 0 Å². The Morgan fingerprint density at radius 2 is 2.25 bits per heavy atom. The summed E-state index contributed by atoms with van der Waals surface area (Å²) in [6, 6.07) is 10.2. The monoisotopic (exact) mass is 374 g/mol. The summed E-state index contributed by atoms with van der Waals surface area (Å²) in [6.45, 7) is 2.34. The van der Waals surface area contributed by atoms with Gasteiger partial charge in [-0.1, -0.05) is 18.2 Å². The molecule has 0 spiro atoms. The summed E-state index contributed by atoms with van der Waals surface area (Å²) in [5.41, 5.74) is 5.78. The standard InChI is InChI=1S/C22H22N4O2/c1-27-19-6-2-4-16-10-15(13-28-22(16)19)12-26-9-7-18-20(25-14-24-18)21(26)17-5-3-8-23-11-17/h2-6,8,10-11,14,21H,7,9,12-13H2,1H3,(H,24,25)/t21-/m1/s1. The second-order valence-corrected chi connectivity index (χ2v) is 7.15. The van der Waals surface area contributed by atoms with E-state index in [0.717, 1.165) is 47.8 Å². The maximum atomic E-state index is 6.04. The van der Waals surface area contributed by atoms with Gasteiger partial charge in [-0.25, -0.2) is 4.98 Å². The molecule has 3 aromatic rings. The fourth-order valence-corrected chi connectivity index (χ4v) is 4.14. The van der Waals surface area contributed by atoms with Gasteiger partial charge >= 0.3 is 0 Å². The Hall–Kier alpha value is -3.12. The smallest absolute Gasteiger partial charge is 0.168 e. The number of nitrogens with zero attached hydrogens (tertiary/aromatic N) is 3. The number of methoxy groups -OCH3 is 1. The summed E-state index contributed by atoms with van der Waals surface area (Å²) in [5.74, 6) is 1.60. The number of imidazole rings is 1. The van der Waals surface area contributed by atoms with Crippen LogP contribution in [0.4, 0.5) is 0 Å². The highest BCUT2D eigenvalue weighted by molar-refractivity contribution is 5.66. The van der Waals surface area contributed by atoms with Crippen LogP contribution in [0, 0.1) is 0 Å². The van der Waals surface area contributed by atoms with Crippen LogP contribution in [-0.4, -0.2) is 46.7 Å². The van der Waals surface area contributed by atoms with Gasteiger partial charge in [0.1, 0.15) is 6.61 Å². The van der Waals surface area contributed by atoms with E-state index in [1.54, 1.807) is 13.4 Å². The van der Waals surface area contributed by atoms with Crippen LogP contribution in [0.25, 0.3) is 6.08 Å². The zero-order valence-electron chi connectivity index (χ0n) is 15.8. The van der Waals surface area contributed by atoms with Gasteiger partial charge in [0, 0.05) is 43.2 Å². The quantitative estimate of drug-likeness (QED) is 0.760. The minimum atomic E-state index is 0.0938. The Bertz CT molecular complexity index is 1010. The number of fused-ring (bicyclic) bond motifs is 2. The van der Waals surface area contributed by atoms with Gasteiger partial charge in [0.05, 0.1) is 25.2 Å². The third-order valence-corrected chi connectivity index (χ3v) is 5.42. The summed E-state index contributed by atoms with van der Waals surface area (Å²) >= 11 is 0. The third-order valence-electron chi connectivity index (χ3n) is 5.42. The predicted octanol–water partition coefficient (Wildman–Crippen LogP) is 3.24. The van der Waals surface area contributed by atoms with Crippen LogP contribution in [-0.2, 0) is 6.42 Å². The Morgan fingerprint density at radius 1 is 1.29 bits per heavy atom. The van der Waals surface area contributed by atoms with Crippen molar-refractivity contribution < 1.29 is 9.47 Å². The molecule has 6 nitrogen and oxygen atoms in total. The molecule has 2 aliphatic rings. The summed E-state index contributed by atoms with van der Waals surface area (Å²) in [5, 5.41) is 0. The van der Waals surface area contributed by atoms with Crippen LogP contribution in [0.2, 0.25) is 0 Å². The third kappa shape index (κ3) is 2.96. The van der Waals surface area contributed by atoms with Crippen molar-refractivity contribution in [3.05, 3.63) is 77.1 Å². The van der Waals surface area contributed by atoms with E-state index in [1.807, 2.05) is 30.6 Å². The summed E-state index contributed by atoms with van der Waals surface area (Å²) in [6.07, 6.45) is 8.73. The number of aromatic amines is 1. The van der Waals surface area contributed by atoms with Crippen molar-refractivity contribution in [1.29, 1.82) is 0 Å². The highest BCUT2D eigenvalue weighted by Gasteiger charge is 2.32. The van der Waals surface area contributed by atoms with Gasteiger partial charge in [0.25, 0.3) is 0 Å². The number of rotatable bonds is 4. The second kappa shape index (κ2) is 7.13. The molecular formula is C22H22N4O2. The van der Waals surface area contributed by atoms with Crippen molar-refractivity contribution in [2.24, 2.45) is 0 Å². The number of hydrogen-bond acceptors (Lipinski definition) is 5. The van der Waals surface area contributed by atoms with Crippen molar-refractivity contribution >= 4 is 6.08 Å². The highest BCUT2D eigenvalue weighted by atomic mass is 16.5. The number of ether oxygens (including phenoxy) is 2. The molecule has 1 atom stereocenters. The molecule has 28 heavy (non-hydrogen) atoms. The molecule has 0 saturated heterocycles. The van der Waals surface area contributed by atoms with Gasteiger partial charge < -0.3 is 14.5 Å². The zero-order valence-corrected chi connectivity index (χ0v) is 15.8. The van der Waals surface area contributed by atoms with Gasteiger partial charge in [0.15, 0.2) is 11.5 Å². The fourth-order valence-electron chi connectivity index (χ4n) is 4.14. The molecule has 0 aliphatic carbocycles. The molecule has 0 unspecified atom stereocenters. The predicted molar refractivity (Wildman–Crippen MR) is 106 cm³/mol. The molecule has 0 amide bonds. The first-order valence-corrected chi connectivity index (χ1v) is 9.49. The van der Waals surface area contributed by atoms with Gasteiger partial charge in [-0.3, -0.25) is 9.88 Å². The fraction of sp³-hybridized carbons (Fsp3) is 0.273. The molecule has 0 saturated carbocycles. The molecule has 1 aromatic carbocycles. The Labute approximate surface area is 163 Å². The van der Waals surface area contributed by atoms with Crippen molar-refractivity contribution in [1.82, 2.24) is 19.9 Å². The maximum absolute atomic E-state index is 6.04. The van der Waals surface area contributed by atoms with Crippen LogP contribution in [0.1, 0.15) is 28.6 Å². The van der Waals surface area contributed by atoms with E-state index in [1.165, 1.54) is 11.3 Å². The average molecular weight is 374 g/mol. The summed E-state index contributed by atoms with van der Waals surface area (Å²) in [4.78, 5) is 14.7.